The fraction of sp³-hybridized carbons (Fsp3) is 0.312. The van der Waals surface area contributed by atoms with Crippen LogP contribution < -0.4 is 4.74 Å². The van der Waals surface area contributed by atoms with Crippen LogP contribution in [0.5, 0.6) is 5.75 Å². The maximum Gasteiger partial charge on any atom is 0.257 e. The smallest absolute Gasteiger partial charge is 0.257 e. The molecule has 3 heterocycles. The Morgan fingerprint density at radius 2 is 2.14 bits per heavy atom. The van der Waals surface area contributed by atoms with Gasteiger partial charge in [-0.1, -0.05) is 6.07 Å². The second-order valence-electron chi connectivity index (χ2n) is 5.19. The molecule has 0 aliphatic carbocycles. The maximum absolute atomic E-state index is 12.5. The van der Waals surface area contributed by atoms with Crippen molar-refractivity contribution in [1.29, 1.82) is 0 Å². The lowest BCUT2D eigenvalue weighted by molar-refractivity contribution is 0.0595. The topological polar surface area (TPSA) is 55.3 Å². The molecule has 3 rings (SSSR count). The molecule has 1 aliphatic heterocycles. The summed E-state index contributed by atoms with van der Waals surface area (Å²) in [6, 6.07) is 7.65. The van der Waals surface area contributed by atoms with E-state index >= 15 is 0 Å². The van der Waals surface area contributed by atoms with Gasteiger partial charge in [0.15, 0.2) is 0 Å². The number of carbonyl (C=O) groups excluding carboxylic acids is 1. The Balaban J connectivity index is 1.73. The number of aryl methyl sites for hydroxylation is 1. The van der Waals surface area contributed by atoms with Crippen LogP contribution in [-0.4, -0.2) is 41.0 Å². The van der Waals surface area contributed by atoms with Gasteiger partial charge in [-0.2, -0.15) is 0 Å². The Morgan fingerprint density at radius 1 is 1.33 bits per heavy atom. The number of likely N-dealkylation sites (tertiary alicyclic amines) is 1. The molecular formula is C16H17N3O2. The number of methoxy groups -OCH3 is 1. The lowest BCUT2D eigenvalue weighted by Gasteiger charge is -2.39. The highest BCUT2D eigenvalue weighted by atomic mass is 16.5. The second kappa shape index (κ2) is 5.52. The van der Waals surface area contributed by atoms with Gasteiger partial charge in [-0.25, -0.2) is 0 Å². The number of aromatic nitrogens is 2. The van der Waals surface area contributed by atoms with Gasteiger partial charge < -0.3 is 9.64 Å². The number of carbonyl (C=O) groups is 1. The van der Waals surface area contributed by atoms with Gasteiger partial charge >= 0.3 is 0 Å². The first-order chi connectivity index (χ1) is 10.2. The van der Waals surface area contributed by atoms with E-state index in [0.29, 0.717) is 30.3 Å². The van der Waals surface area contributed by atoms with E-state index in [4.69, 9.17) is 4.74 Å². The third-order valence-corrected chi connectivity index (χ3v) is 3.73. The summed E-state index contributed by atoms with van der Waals surface area (Å²) in [6.45, 7) is 3.25. The summed E-state index contributed by atoms with van der Waals surface area (Å²) >= 11 is 0. The van der Waals surface area contributed by atoms with Gasteiger partial charge in [0.1, 0.15) is 5.75 Å². The molecule has 1 aliphatic rings. The Bertz CT molecular complexity index is 652. The Morgan fingerprint density at radius 3 is 2.81 bits per heavy atom. The first-order valence-corrected chi connectivity index (χ1v) is 6.90. The molecule has 0 radical (unpaired) electrons. The quantitative estimate of drug-likeness (QED) is 0.865. The number of hydrogen-bond donors (Lipinski definition) is 0. The minimum Gasteiger partial charge on any atom is -0.494 e. The fourth-order valence-corrected chi connectivity index (χ4v) is 2.50. The molecular weight excluding hydrogens is 266 g/mol. The van der Waals surface area contributed by atoms with E-state index in [1.165, 1.54) is 0 Å². The molecule has 0 saturated carbocycles. The molecule has 0 bridgehead atoms. The minimum atomic E-state index is -0.00969. The van der Waals surface area contributed by atoms with Crippen molar-refractivity contribution >= 4 is 5.91 Å². The van der Waals surface area contributed by atoms with Crippen molar-refractivity contribution < 1.29 is 9.53 Å². The number of nitrogens with zero attached hydrogens (tertiary/aromatic N) is 3. The van der Waals surface area contributed by atoms with E-state index in [9.17, 15) is 4.79 Å². The third-order valence-electron chi connectivity index (χ3n) is 3.73. The minimum absolute atomic E-state index is 0.00969. The van der Waals surface area contributed by atoms with Crippen LogP contribution in [0, 0.1) is 6.92 Å². The summed E-state index contributed by atoms with van der Waals surface area (Å²) < 4.78 is 5.23. The lowest BCUT2D eigenvalue weighted by atomic mass is 9.94. The zero-order chi connectivity index (χ0) is 14.8. The van der Waals surface area contributed by atoms with E-state index < -0.39 is 0 Å². The third kappa shape index (κ3) is 2.59. The van der Waals surface area contributed by atoms with Crippen LogP contribution in [0.4, 0.5) is 0 Å². The molecule has 0 spiro atoms. The molecule has 2 aromatic rings. The van der Waals surface area contributed by atoms with Crippen molar-refractivity contribution in [2.45, 2.75) is 12.8 Å². The van der Waals surface area contributed by atoms with Crippen LogP contribution in [0.3, 0.4) is 0 Å². The molecule has 1 amide bonds. The van der Waals surface area contributed by atoms with Crippen molar-refractivity contribution in [3.05, 3.63) is 53.6 Å². The van der Waals surface area contributed by atoms with Crippen molar-refractivity contribution in [2.75, 3.05) is 20.2 Å². The normalized spacial score (nSPS) is 14.7. The van der Waals surface area contributed by atoms with E-state index in [0.717, 1.165) is 11.4 Å². The SMILES string of the molecule is COc1cnc(C)cc1C(=O)N1CC(c2ccccn2)C1. The number of rotatable bonds is 3. The Labute approximate surface area is 123 Å². The average molecular weight is 283 g/mol. The number of ether oxygens (including phenoxy) is 1. The highest BCUT2D eigenvalue weighted by Crippen LogP contribution is 2.29. The zero-order valence-electron chi connectivity index (χ0n) is 12.1. The van der Waals surface area contributed by atoms with Crippen molar-refractivity contribution in [3.8, 4) is 5.75 Å². The number of hydrogen-bond acceptors (Lipinski definition) is 4. The van der Waals surface area contributed by atoms with Gasteiger partial charge in [-0.05, 0) is 25.1 Å². The first kappa shape index (κ1) is 13.5. The average Bonchev–Trinajstić information content (AvgIpc) is 2.46. The van der Waals surface area contributed by atoms with Gasteiger partial charge in [0.05, 0.1) is 18.9 Å². The summed E-state index contributed by atoms with van der Waals surface area (Å²) in [4.78, 5) is 22.8. The number of amides is 1. The second-order valence-corrected chi connectivity index (χ2v) is 5.19. The highest BCUT2D eigenvalue weighted by Gasteiger charge is 2.34. The molecule has 5 heteroatoms. The molecule has 0 N–H and O–H groups in total. The van der Waals surface area contributed by atoms with Gasteiger partial charge in [0.2, 0.25) is 0 Å². The summed E-state index contributed by atoms with van der Waals surface area (Å²) in [5.41, 5.74) is 2.42. The monoisotopic (exact) mass is 283 g/mol. The standard InChI is InChI=1S/C16H17N3O2/c1-11-7-13(15(21-2)8-18-11)16(20)19-9-12(10-19)14-5-3-4-6-17-14/h3-8,12H,9-10H2,1-2H3. The van der Waals surface area contributed by atoms with Crippen LogP contribution in [0.15, 0.2) is 36.7 Å². The molecule has 5 nitrogen and oxygen atoms in total. The summed E-state index contributed by atoms with van der Waals surface area (Å²) in [7, 11) is 1.55. The molecule has 108 valence electrons. The predicted molar refractivity (Wildman–Crippen MR) is 78.4 cm³/mol. The van der Waals surface area contributed by atoms with E-state index in [2.05, 4.69) is 9.97 Å². The zero-order valence-corrected chi connectivity index (χ0v) is 12.1. The van der Waals surface area contributed by atoms with Gasteiger partial charge in [-0.3, -0.25) is 14.8 Å². The molecule has 0 unspecified atom stereocenters. The largest absolute Gasteiger partial charge is 0.494 e. The number of pyridine rings is 2. The maximum atomic E-state index is 12.5. The van der Waals surface area contributed by atoms with Crippen LogP contribution in [0.1, 0.15) is 27.7 Å². The van der Waals surface area contributed by atoms with Crippen LogP contribution >= 0.6 is 0 Å². The van der Waals surface area contributed by atoms with E-state index in [-0.39, 0.29) is 5.91 Å². The highest BCUT2D eigenvalue weighted by molar-refractivity contribution is 5.97. The molecule has 2 aromatic heterocycles. The van der Waals surface area contributed by atoms with Crippen molar-refractivity contribution in [3.63, 3.8) is 0 Å². The van der Waals surface area contributed by atoms with Crippen LogP contribution in [0.25, 0.3) is 0 Å². The van der Waals surface area contributed by atoms with Crippen molar-refractivity contribution in [2.24, 2.45) is 0 Å². The van der Waals surface area contributed by atoms with Crippen LogP contribution in [-0.2, 0) is 0 Å². The summed E-state index contributed by atoms with van der Waals surface area (Å²) in [5.74, 6) is 0.834. The van der Waals surface area contributed by atoms with Gasteiger partial charge in [0, 0.05) is 36.6 Å². The molecule has 1 saturated heterocycles. The summed E-state index contributed by atoms with van der Waals surface area (Å²) in [6.07, 6.45) is 3.38. The molecule has 1 fully saturated rings. The Hall–Kier alpha value is -2.43. The Kier molecular flexibility index (Phi) is 3.56. The van der Waals surface area contributed by atoms with E-state index in [1.807, 2.05) is 30.0 Å². The van der Waals surface area contributed by atoms with Crippen molar-refractivity contribution in [1.82, 2.24) is 14.9 Å². The van der Waals surface area contributed by atoms with Crippen LogP contribution in [0.2, 0.25) is 0 Å². The van der Waals surface area contributed by atoms with Gasteiger partial charge in [0.25, 0.3) is 5.91 Å². The molecule has 0 atom stereocenters. The predicted octanol–water partition coefficient (Wildman–Crippen LogP) is 2.03. The first-order valence-electron chi connectivity index (χ1n) is 6.90. The summed E-state index contributed by atoms with van der Waals surface area (Å²) in [5, 5.41) is 0. The molecule has 21 heavy (non-hydrogen) atoms. The van der Waals surface area contributed by atoms with Gasteiger partial charge in [-0.15, -0.1) is 0 Å². The fourth-order valence-electron chi connectivity index (χ4n) is 2.50. The van der Waals surface area contributed by atoms with E-state index in [1.54, 1.807) is 25.6 Å². The molecule has 0 aromatic carbocycles. The lowest BCUT2D eigenvalue weighted by Crippen LogP contribution is -2.48.